The van der Waals surface area contributed by atoms with Crippen LogP contribution in [-0.4, -0.2) is 53.9 Å². The molecule has 0 radical (unpaired) electrons. The van der Waals surface area contributed by atoms with Crippen LogP contribution in [-0.2, 0) is 19.6 Å². The van der Waals surface area contributed by atoms with E-state index in [2.05, 4.69) is 14.9 Å². The summed E-state index contributed by atoms with van der Waals surface area (Å²) in [4.78, 5) is 24.0. The topological polar surface area (TPSA) is 119 Å². The van der Waals surface area contributed by atoms with Crippen molar-refractivity contribution in [1.29, 1.82) is 0 Å². The fourth-order valence-corrected chi connectivity index (χ4v) is 5.01. The number of esters is 1. The number of hydrogen-bond donors (Lipinski definition) is 1. The Hall–Kier alpha value is -2.51. The minimum absolute atomic E-state index is 0.0328. The lowest BCUT2D eigenvalue weighted by Crippen LogP contribution is -2.41. The van der Waals surface area contributed by atoms with E-state index in [4.69, 9.17) is 4.74 Å². The van der Waals surface area contributed by atoms with E-state index in [1.54, 1.807) is 6.92 Å². The van der Waals surface area contributed by atoms with Crippen molar-refractivity contribution in [2.75, 3.05) is 25.0 Å². The maximum absolute atomic E-state index is 13.4. The second-order valence-electron chi connectivity index (χ2n) is 6.41. The van der Waals surface area contributed by atoms with Gasteiger partial charge >= 0.3 is 5.97 Å². The van der Waals surface area contributed by atoms with Crippen molar-refractivity contribution in [1.82, 2.24) is 13.9 Å². The first-order valence-electron chi connectivity index (χ1n) is 8.99. The first kappa shape index (κ1) is 22.2. The van der Waals surface area contributed by atoms with E-state index >= 15 is 0 Å². The number of nitrogens with one attached hydrogen (secondary N) is 1. The normalized spacial score (nSPS) is 15.7. The number of carbonyl (C=O) groups is 2. The molecule has 1 aliphatic heterocycles. The minimum Gasteiger partial charge on any atom is -0.461 e. The Bertz CT molecular complexity index is 1050. The Morgan fingerprint density at radius 3 is 2.60 bits per heavy atom. The average molecular weight is 460 g/mol. The largest absolute Gasteiger partial charge is 0.461 e. The molecule has 0 atom stereocenters. The first-order valence-corrected chi connectivity index (χ1v) is 11.2. The van der Waals surface area contributed by atoms with Crippen molar-refractivity contribution < 1.29 is 31.5 Å². The van der Waals surface area contributed by atoms with Crippen molar-refractivity contribution >= 4 is 38.4 Å². The zero-order chi connectivity index (χ0) is 21.9. The van der Waals surface area contributed by atoms with Crippen molar-refractivity contribution in [2.45, 2.75) is 24.7 Å². The van der Waals surface area contributed by atoms with Crippen molar-refractivity contribution in [3.8, 4) is 0 Å². The number of nitrogens with zero attached hydrogens (tertiary/aromatic N) is 3. The molecule has 0 saturated carbocycles. The van der Waals surface area contributed by atoms with E-state index in [1.165, 1.54) is 0 Å². The van der Waals surface area contributed by atoms with Crippen LogP contribution in [0.25, 0.3) is 0 Å². The minimum atomic E-state index is -4.01. The molecule has 2 heterocycles. The molecule has 0 aliphatic carbocycles. The molecule has 1 fully saturated rings. The number of rotatable bonds is 6. The van der Waals surface area contributed by atoms with E-state index < -0.39 is 39.5 Å². The third kappa shape index (κ3) is 4.63. The highest BCUT2D eigenvalue weighted by atomic mass is 32.2. The van der Waals surface area contributed by atoms with Crippen LogP contribution in [0.1, 0.15) is 30.3 Å². The summed E-state index contributed by atoms with van der Waals surface area (Å²) >= 11 is 0.834. The van der Waals surface area contributed by atoms with Crippen LogP contribution < -0.4 is 5.32 Å². The van der Waals surface area contributed by atoms with Gasteiger partial charge in [-0.25, -0.2) is 22.0 Å². The fraction of sp³-hybridized carbons (Fsp3) is 0.412. The summed E-state index contributed by atoms with van der Waals surface area (Å²) in [5.74, 6) is -3.98. The molecule has 13 heteroatoms. The Labute approximate surface area is 175 Å². The summed E-state index contributed by atoms with van der Waals surface area (Å²) in [6, 6.07) is 2.39. The Morgan fingerprint density at radius 2 is 1.97 bits per heavy atom. The molecule has 9 nitrogen and oxygen atoms in total. The number of piperidine rings is 1. The van der Waals surface area contributed by atoms with Crippen LogP contribution in [0.5, 0.6) is 0 Å². The van der Waals surface area contributed by atoms with Crippen molar-refractivity contribution in [3.05, 3.63) is 35.5 Å². The first-order chi connectivity index (χ1) is 14.2. The molecule has 1 N–H and O–H groups in total. The van der Waals surface area contributed by atoms with E-state index in [0.29, 0.717) is 6.07 Å². The van der Waals surface area contributed by atoms with E-state index in [-0.39, 0.29) is 48.1 Å². The molecular weight excluding hydrogens is 442 g/mol. The number of amides is 1. The van der Waals surface area contributed by atoms with Crippen LogP contribution in [0.15, 0.2) is 23.1 Å². The van der Waals surface area contributed by atoms with Gasteiger partial charge in [0, 0.05) is 30.5 Å². The second-order valence-corrected chi connectivity index (χ2v) is 9.11. The SMILES string of the molecule is CCOC(=O)c1nnsc1NC(=O)C1CCN(S(=O)(=O)c2ccc(F)c(F)c2)CC1. The van der Waals surface area contributed by atoms with Gasteiger partial charge in [-0.1, -0.05) is 4.49 Å². The smallest absolute Gasteiger partial charge is 0.362 e. The molecule has 3 rings (SSSR count). The molecule has 2 aromatic rings. The monoisotopic (exact) mass is 460 g/mol. The van der Waals surface area contributed by atoms with Crippen molar-refractivity contribution in [2.24, 2.45) is 5.92 Å². The molecule has 0 spiro atoms. The van der Waals surface area contributed by atoms with Gasteiger partial charge in [0.25, 0.3) is 0 Å². The molecule has 1 saturated heterocycles. The zero-order valence-electron chi connectivity index (χ0n) is 15.8. The van der Waals surface area contributed by atoms with Crippen LogP contribution in [0.3, 0.4) is 0 Å². The van der Waals surface area contributed by atoms with Gasteiger partial charge in [0.05, 0.1) is 11.5 Å². The summed E-state index contributed by atoms with van der Waals surface area (Å²) in [6.45, 7) is 1.85. The Morgan fingerprint density at radius 1 is 1.27 bits per heavy atom. The van der Waals surface area contributed by atoms with Crippen LogP contribution in [0, 0.1) is 17.6 Å². The summed E-state index contributed by atoms with van der Waals surface area (Å²) in [6.07, 6.45) is 0.436. The van der Waals surface area contributed by atoms with E-state index in [0.717, 1.165) is 28.0 Å². The highest BCUT2D eigenvalue weighted by Gasteiger charge is 2.33. The van der Waals surface area contributed by atoms with Gasteiger partial charge in [-0.05, 0) is 38.0 Å². The number of sulfonamides is 1. The number of aromatic nitrogens is 2. The predicted octanol–water partition coefficient (Wildman–Crippen LogP) is 2.03. The van der Waals surface area contributed by atoms with Gasteiger partial charge in [0.1, 0.15) is 0 Å². The summed E-state index contributed by atoms with van der Waals surface area (Å²) in [5, 5.41) is 6.41. The highest BCUT2D eigenvalue weighted by Crippen LogP contribution is 2.27. The standard InChI is InChI=1S/C17H18F2N4O5S2/c1-2-28-17(25)14-16(29-22-21-14)20-15(24)10-5-7-23(8-6-10)30(26,27)11-3-4-12(18)13(19)9-11/h3-4,9-10H,2,5-8H2,1H3,(H,20,24). The number of anilines is 1. The van der Waals surface area contributed by atoms with Crippen LogP contribution in [0.2, 0.25) is 0 Å². The summed E-state index contributed by atoms with van der Waals surface area (Å²) in [7, 11) is -4.01. The van der Waals surface area contributed by atoms with Crippen LogP contribution in [0.4, 0.5) is 13.8 Å². The van der Waals surface area contributed by atoms with Crippen LogP contribution >= 0.6 is 11.5 Å². The third-order valence-corrected chi connectivity index (χ3v) is 7.08. The summed E-state index contributed by atoms with van der Waals surface area (Å²) in [5.41, 5.74) is -0.0893. The molecule has 1 aliphatic rings. The van der Waals surface area contributed by atoms with E-state index in [9.17, 15) is 26.8 Å². The zero-order valence-corrected chi connectivity index (χ0v) is 17.4. The maximum atomic E-state index is 13.4. The molecule has 1 amide bonds. The molecule has 30 heavy (non-hydrogen) atoms. The maximum Gasteiger partial charge on any atom is 0.362 e. The molecule has 1 aromatic carbocycles. The van der Waals surface area contributed by atoms with Gasteiger partial charge in [-0.2, -0.15) is 4.31 Å². The second kappa shape index (κ2) is 9.10. The number of carbonyl (C=O) groups excluding carboxylic acids is 2. The number of hydrogen-bond acceptors (Lipinski definition) is 8. The number of halogens is 2. The lowest BCUT2D eigenvalue weighted by molar-refractivity contribution is -0.120. The average Bonchev–Trinajstić information content (AvgIpc) is 3.18. The number of ether oxygens (including phenoxy) is 1. The number of benzene rings is 1. The summed E-state index contributed by atoms with van der Waals surface area (Å²) < 4.78 is 61.4. The quantitative estimate of drug-likeness (QED) is 0.655. The third-order valence-electron chi connectivity index (χ3n) is 4.55. The fourth-order valence-electron chi connectivity index (χ4n) is 2.96. The van der Waals surface area contributed by atoms with Gasteiger partial charge in [0.2, 0.25) is 21.6 Å². The Balaban J connectivity index is 1.63. The van der Waals surface area contributed by atoms with Crippen molar-refractivity contribution in [3.63, 3.8) is 0 Å². The van der Waals surface area contributed by atoms with E-state index in [1.807, 2.05) is 0 Å². The molecule has 0 unspecified atom stereocenters. The molecule has 1 aromatic heterocycles. The molecule has 0 bridgehead atoms. The van der Waals surface area contributed by atoms with Gasteiger partial charge in [-0.15, -0.1) is 5.10 Å². The Kier molecular flexibility index (Phi) is 6.73. The van der Waals surface area contributed by atoms with Gasteiger partial charge in [-0.3, -0.25) is 4.79 Å². The highest BCUT2D eigenvalue weighted by molar-refractivity contribution is 7.89. The van der Waals surface area contributed by atoms with Gasteiger partial charge in [0.15, 0.2) is 16.6 Å². The van der Waals surface area contributed by atoms with Gasteiger partial charge < -0.3 is 10.1 Å². The lowest BCUT2D eigenvalue weighted by Gasteiger charge is -2.30. The molecule has 162 valence electrons. The predicted molar refractivity (Wildman–Crippen MR) is 102 cm³/mol. The lowest BCUT2D eigenvalue weighted by atomic mass is 9.97. The molecular formula is C17H18F2N4O5S2.